The summed E-state index contributed by atoms with van der Waals surface area (Å²) in [5.41, 5.74) is 1.88. The maximum atomic E-state index is 13.0. The highest BCUT2D eigenvalue weighted by molar-refractivity contribution is 5.97. The molecule has 0 aliphatic heterocycles. The second-order valence-electron chi connectivity index (χ2n) is 5.52. The lowest BCUT2D eigenvalue weighted by atomic mass is 10.1. The van der Waals surface area contributed by atoms with E-state index in [0.29, 0.717) is 11.1 Å². The molecule has 2 aromatic heterocycles. The van der Waals surface area contributed by atoms with Crippen molar-refractivity contribution in [3.63, 3.8) is 0 Å². The Balaban J connectivity index is 1.77. The second-order valence-corrected chi connectivity index (χ2v) is 5.52. The highest BCUT2D eigenvalue weighted by Gasteiger charge is 2.22. The van der Waals surface area contributed by atoms with Crippen LogP contribution >= 0.6 is 0 Å². The first-order chi connectivity index (χ1) is 12.1. The Morgan fingerprint density at radius 1 is 1.28 bits per heavy atom. The number of rotatable bonds is 5. The van der Waals surface area contributed by atoms with E-state index < -0.39 is 17.9 Å². The molecule has 0 spiro atoms. The van der Waals surface area contributed by atoms with E-state index in [9.17, 15) is 14.0 Å². The van der Waals surface area contributed by atoms with E-state index in [0.717, 1.165) is 5.52 Å². The highest BCUT2D eigenvalue weighted by Crippen LogP contribution is 2.10. The SMILES string of the molecule is COC(=O)[C@@H](Cc1ccc(F)cc1)NC(=O)c1ccn2cncc2c1. The van der Waals surface area contributed by atoms with E-state index in [-0.39, 0.29) is 12.2 Å². The average Bonchev–Trinajstić information content (AvgIpc) is 3.09. The Kier molecular flexibility index (Phi) is 4.74. The summed E-state index contributed by atoms with van der Waals surface area (Å²) in [6, 6.07) is 8.18. The number of aromatic nitrogens is 2. The fraction of sp³-hybridized carbons (Fsp3) is 0.167. The minimum atomic E-state index is -0.871. The van der Waals surface area contributed by atoms with E-state index in [1.165, 1.54) is 19.2 Å². The van der Waals surface area contributed by atoms with Crippen molar-refractivity contribution in [3.05, 3.63) is 72.1 Å². The largest absolute Gasteiger partial charge is 0.467 e. The number of imidazole rings is 1. The average molecular weight is 341 g/mol. The van der Waals surface area contributed by atoms with Crippen LogP contribution in [0, 0.1) is 5.82 Å². The van der Waals surface area contributed by atoms with Gasteiger partial charge in [0.05, 0.1) is 25.2 Å². The predicted molar refractivity (Wildman–Crippen MR) is 88.6 cm³/mol. The van der Waals surface area contributed by atoms with Gasteiger partial charge in [0.1, 0.15) is 11.9 Å². The third-order valence-corrected chi connectivity index (χ3v) is 3.82. The molecule has 6 nitrogen and oxygen atoms in total. The Morgan fingerprint density at radius 3 is 2.76 bits per heavy atom. The monoisotopic (exact) mass is 341 g/mol. The first-order valence-electron chi connectivity index (χ1n) is 7.61. The van der Waals surface area contributed by atoms with Crippen molar-refractivity contribution < 1.29 is 18.7 Å². The Morgan fingerprint density at radius 2 is 2.04 bits per heavy atom. The number of hydrogen-bond acceptors (Lipinski definition) is 4. The number of ether oxygens (including phenoxy) is 1. The molecule has 0 saturated carbocycles. The molecule has 25 heavy (non-hydrogen) atoms. The van der Waals surface area contributed by atoms with Gasteiger partial charge in [0, 0.05) is 18.2 Å². The van der Waals surface area contributed by atoms with Crippen molar-refractivity contribution in [1.82, 2.24) is 14.7 Å². The van der Waals surface area contributed by atoms with Crippen molar-refractivity contribution in [1.29, 1.82) is 0 Å². The highest BCUT2D eigenvalue weighted by atomic mass is 19.1. The van der Waals surface area contributed by atoms with Crippen LogP contribution in [0.25, 0.3) is 5.52 Å². The molecule has 0 aliphatic rings. The molecule has 3 aromatic rings. The molecular formula is C18H16FN3O3. The summed E-state index contributed by atoms with van der Waals surface area (Å²) in [6.45, 7) is 0. The minimum absolute atomic E-state index is 0.202. The lowest BCUT2D eigenvalue weighted by molar-refractivity contribution is -0.142. The van der Waals surface area contributed by atoms with Crippen LogP contribution in [-0.2, 0) is 16.0 Å². The van der Waals surface area contributed by atoms with Crippen LogP contribution in [0.4, 0.5) is 4.39 Å². The third kappa shape index (κ3) is 3.82. The van der Waals surface area contributed by atoms with Gasteiger partial charge in [-0.25, -0.2) is 14.2 Å². The smallest absolute Gasteiger partial charge is 0.328 e. The lowest BCUT2D eigenvalue weighted by Gasteiger charge is -2.17. The van der Waals surface area contributed by atoms with E-state index in [2.05, 4.69) is 10.3 Å². The van der Waals surface area contributed by atoms with Gasteiger partial charge in [-0.05, 0) is 29.8 Å². The number of carbonyl (C=O) groups excluding carboxylic acids is 2. The predicted octanol–water partition coefficient (Wildman–Crippen LogP) is 1.99. The van der Waals surface area contributed by atoms with Crippen molar-refractivity contribution >= 4 is 17.4 Å². The molecule has 0 bridgehead atoms. The number of benzene rings is 1. The summed E-state index contributed by atoms with van der Waals surface area (Å²) in [5, 5.41) is 2.67. The fourth-order valence-corrected chi connectivity index (χ4v) is 2.49. The minimum Gasteiger partial charge on any atom is -0.467 e. The molecule has 0 aliphatic carbocycles. The molecule has 7 heteroatoms. The summed E-state index contributed by atoms with van der Waals surface area (Å²) in [5.74, 6) is -1.33. The van der Waals surface area contributed by atoms with Crippen LogP contribution in [0.1, 0.15) is 15.9 Å². The summed E-state index contributed by atoms with van der Waals surface area (Å²) in [7, 11) is 1.25. The molecule has 1 atom stereocenters. The van der Waals surface area contributed by atoms with Gasteiger partial charge < -0.3 is 14.5 Å². The Bertz CT molecular complexity index is 905. The first-order valence-corrected chi connectivity index (χ1v) is 7.61. The van der Waals surface area contributed by atoms with Gasteiger partial charge in [-0.3, -0.25) is 4.79 Å². The number of carbonyl (C=O) groups is 2. The number of methoxy groups -OCH3 is 1. The van der Waals surface area contributed by atoms with Crippen LogP contribution in [-0.4, -0.2) is 34.4 Å². The van der Waals surface area contributed by atoms with E-state index >= 15 is 0 Å². The van der Waals surface area contributed by atoms with Crippen LogP contribution in [0.5, 0.6) is 0 Å². The van der Waals surface area contributed by atoms with Gasteiger partial charge in [-0.15, -0.1) is 0 Å². The van der Waals surface area contributed by atoms with Gasteiger partial charge in [-0.1, -0.05) is 12.1 Å². The molecule has 3 rings (SSSR count). The van der Waals surface area contributed by atoms with Crippen molar-refractivity contribution in [2.24, 2.45) is 0 Å². The lowest BCUT2D eigenvalue weighted by Crippen LogP contribution is -2.43. The molecule has 1 amide bonds. The number of esters is 1. The molecule has 128 valence electrons. The normalized spacial score (nSPS) is 11.9. The molecule has 0 radical (unpaired) electrons. The molecule has 0 saturated heterocycles. The van der Waals surface area contributed by atoms with Crippen LogP contribution in [0.3, 0.4) is 0 Å². The summed E-state index contributed by atoms with van der Waals surface area (Å²) in [6.07, 6.45) is 5.17. The quantitative estimate of drug-likeness (QED) is 0.721. The topological polar surface area (TPSA) is 72.7 Å². The molecular weight excluding hydrogens is 325 g/mol. The van der Waals surface area contributed by atoms with Gasteiger partial charge >= 0.3 is 5.97 Å². The molecule has 0 fully saturated rings. The zero-order valence-electron chi connectivity index (χ0n) is 13.5. The zero-order chi connectivity index (χ0) is 17.8. The number of hydrogen-bond donors (Lipinski definition) is 1. The maximum absolute atomic E-state index is 13.0. The van der Waals surface area contributed by atoms with E-state index in [1.807, 2.05) is 0 Å². The van der Waals surface area contributed by atoms with E-state index in [4.69, 9.17) is 4.74 Å². The van der Waals surface area contributed by atoms with Gasteiger partial charge in [0.2, 0.25) is 0 Å². The van der Waals surface area contributed by atoms with Crippen molar-refractivity contribution in [3.8, 4) is 0 Å². The number of nitrogens with zero attached hydrogens (tertiary/aromatic N) is 2. The third-order valence-electron chi connectivity index (χ3n) is 3.82. The summed E-state index contributed by atoms with van der Waals surface area (Å²) in [4.78, 5) is 28.5. The van der Waals surface area contributed by atoms with E-state index in [1.54, 1.807) is 47.4 Å². The van der Waals surface area contributed by atoms with Crippen LogP contribution in [0.2, 0.25) is 0 Å². The van der Waals surface area contributed by atoms with Crippen molar-refractivity contribution in [2.45, 2.75) is 12.5 Å². The number of nitrogens with one attached hydrogen (secondary N) is 1. The first kappa shape index (κ1) is 16.6. The fourth-order valence-electron chi connectivity index (χ4n) is 2.49. The van der Waals surface area contributed by atoms with Crippen molar-refractivity contribution in [2.75, 3.05) is 7.11 Å². The van der Waals surface area contributed by atoms with Crippen LogP contribution in [0.15, 0.2) is 55.1 Å². The maximum Gasteiger partial charge on any atom is 0.328 e. The summed E-state index contributed by atoms with van der Waals surface area (Å²) >= 11 is 0. The second kappa shape index (κ2) is 7.12. The van der Waals surface area contributed by atoms with Crippen LogP contribution < -0.4 is 5.32 Å². The Labute approximate surface area is 143 Å². The number of fused-ring (bicyclic) bond motifs is 1. The van der Waals surface area contributed by atoms with Gasteiger partial charge in [0.15, 0.2) is 0 Å². The number of pyridine rings is 1. The standard InChI is InChI=1S/C18H16FN3O3/c1-25-18(24)16(8-12-2-4-14(19)5-3-12)21-17(23)13-6-7-22-11-20-10-15(22)9-13/h2-7,9-11,16H,8H2,1H3,(H,21,23)/t16-/m1/s1. The number of amides is 1. The number of halogens is 1. The van der Waals surface area contributed by atoms with Gasteiger partial charge in [0.25, 0.3) is 5.91 Å². The van der Waals surface area contributed by atoms with Gasteiger partial charge in [-0.2, -0.15) is 0 Å². The molecule has 0 unspecified atom stereocenters. The Hall–Kier alpha value is -3.22. The molecule has 1 aromatic carbocycles. The summed E-state index contributed by atoms with van der Waals surface area (Å²) < 4.78 is 19.5. The molecule has 2 heterocycles. The molecule has 1 N–H and O–H groups in total. The zero-order valence-corrected chi connectivity index (χ0v) is 13.5.